The molecule has 0 atom stereocenters. The van der Waals surface area contributed by atoms with Crippen LogP contribution in [0.1, 0.15) is 20.7 Å². The van der Waals surface area contributed by atoms with Gasteiger partial charge in [-0.25, -0.2) is 9.78 Å². The Labute approximate surface area is 172 Å². The lowest BCUT2D eigenvalue weighted by molar-refractivity contribution is 0.0602. The summed E-state index contributed by atoms with van der Waals surface area (Å²) < 4.78 is 16.0. The fraction of sp³-hybridized carbons (Fsp3) is 0.0870. The highest BCUT2D eigenvalue weighted by molar-refractivity contribution is 6.08. The van der Waals surface area contributed by atoms with Crippen LogP contribution in [0.15, 0.2) is 71.1 Å². The Morgan fingerprint density at radius 3 is 2.43 bits per heavy atom. The minimum Gasteiger partial charge on any atom is -0.496 e. The highest BCUT2D eigenvalue weighted by Gasteiger charge is 2.19. The van der Waals surface area contributed by atoms with Gasteiger partial charge < -0.3 is 19.2 Å². The minimum absolute atomic E-state index is 0.275. The van der Waals surface area contributed by atoms with Gasteiger partial charge in [0, 0.05) is 0 Å². The van der Waals surface area contributed by atoms with Crippen molar-refractivity contribution in [1.82, 2.24) is 4.98 Å². The summed E-state index contributed by atoms with van der Waals surface area (Å²) in [4.78, 5) is 29.3. The second kappa shape index (κ2) is 8.08. The summed E-state index contributed by atoms with van der Waals surface area (Å²) in [7, 11) is 2.82. The van der Waals surface area contributed by atoms with E-state index in [1.54, 1.807) is 60.7 Å². The van der Waals surface area contributed by atoms with E-state index in [0.29, 0.717) is 39.2 Å². The molecule has 0 unspecified atom stereocenters. The van der Waals surface area contributed by atoms with E-state index in [9.17, 15) is 9.59 Å². The van der Waals surface area contributed by atoms with Crippen molar-refractivity contribution in [1.29, 1.82) is 0 Å². The molecule has 0 aliphatic rings. The number of nitrogens with zero attached hydrogens (tertiary/aromatic N) is 1. The molecule has 0 aliphatic carbocycles. The number of carbonyl (C=O) groups excluding carboxylic acids is 2. The molecule has 0 radical (unpaired) electrons. The minimum atomic E-state index is -0.502. The number of para-hydroxylation sites is 3. The molecule has 0 saturated carbocycles. The van der Waals surface area contributed by atoms with Gasteiger partial charge in [0.05, 0.1) is 36.6 Å². The van der Waals surface area contributed by atoms with Crippen molar-refractivity contribution < 1.29 is 23.5 Å². The van der Waals surface area contributed by atoms with Gasteiger partial charge in [0.15, 0.2) is 5.58 Å². The quantitative estimate of drug-likeness (QED) is 0.493. The zero-order valence-electron chi connectivity index (χ0n) is 16.3. The van der Waals surface area contributed by atoms with E-state index in [1.165, 1.54) is 14.2 Å². The fourth-order valence-corrected chi connectivity index (χ4v) is 3.14. The lowest BCUT2D eigenvalue weighted by atomic mass is 10.1. The van der Waals surface area contributed by atoms with Gasteiger partial charge in [-0.05, 0) is 36.4 Å². The smallest absolute Gasteiger partial charge is 0.340 e. The maximum Gasteiger partial charge on any atom is 0.340 e. The number of hydrogen-bond donors (Lipinski definition) is 1. The molecule has 4 rings (SSSR count). The molecule has 30 heavy (non-hydrogen) atoms. The van der Waals surface area contributed by atoms with Crippen molar-refractivity contribution in [2.75, 3.05) is 19.5 Å². The number of anilines is 1. The highest BCUT2D eigenvalue weighted by atomic mass is 16.5. The van der Waals surface area contributed by atoms with E-state index >= 15 is 0 Å². The Hall–Kier alpha value is -4.13. The number of esters is 1. The number of oxazole rings is 1. The van der Waals surface area contributed by atoms with Crippen LogP contribution in [0.2, 0.25) is 0 Å². The van der Waals surface area contributed by atoms with Crippen molar-refractivity contribution in [3.05, 3.63) is 77.9 Å². The van der Waals surface area contributed by atoms with Crippen molar-refractivity contribution in [3.63, 3.8) is 0 Å². The number of amides is 1. The van der Waals surface area contributed by atoms with Gasteiger partial charge in [0.2, 0.25) is 5.89 Å². The molecule has 150 valence electrons. The van der Waals surface area contributed by atoms with E-state index in [-0.39, 0.29) is 11.8 Å². The van der Waals surface area contributed by atoms with Gasteiger partial charge >= 0.3 is 5.97 Å². The first-order valence-electron chi connectivity index (χ1n) is 9.14. The van der Waals surface area contributed by atoms with Crippen LogP contribution in [0.4, 0.5) is 5.69 Å². The largest absolute Gasteiger partial charge is 0.496 e. The van der Waals surface area contributed by atoms with Crippen LogP contribution in [0.3, 0.4) is 0 Å². The molecule has 1 heterocycles. The summed E-state index contributed by atoms with van der Waals surface area (Å²) in [6.45, 7) is 0. The van der Waals surface area contributed by atoms with E-state index in [4.69, 9.17) is 13.9 Å². The van der Waals surface area contributed by atoms with Crippen molar-refractivity contribution in [2.24, 2.45) is 0 Å². The van der Waals surface area contributed by atoms with Gasteiger partial charge in [-0.1, -0.05) is 30.3 Å². The summed E-state index contributed by atoms with van der Waals surface area (Å²) in [5, 5.41) is 2.88. The average Bonchev–Trinajstić information content (AvgIpc) is 3.23. The third-order valence-electron chi connectivity index (χ3n) is 4.58. The molecular formula is C23H18N2O5. The number of fused-ring (bicyclic) bond motifs is 1. The maximum absolute atomic E-state index is 12.8. The topological polar surface area (TPSA) is 90.7 Å². The predicted molar refractivity (Wildman–Crippen MR) is 112 cm³/mol. The van der Waals surface area contributed by atoms with Crippen LogP contribution in [0.5, 0.6) is 5.75 Å². The molecule has 3 aromatic carbocycles. The van der Waals surface area contributed by atoms with Crippen LogP contribution in [-0.4, -0.2) is 31.1 Å². The average molecular weight is 402 g/mol. The lowest BCUT2D eigenvalue weighted by Crippen LogP contribution is -2.13. The zero-order valence-corrected chi connectivity index (χ0v) is 16.3. The zero-order chi connectivity index (χ0) is 21.1. The van der Waals surface area contributed by atoms with Crippen molar-refractivity contribution in [2.45, 2.75) is 0 Å². The first-order chi connectivity index (χ1) is 14.6. The van der Waals surface area contributed by atoms with Gasteiger partial charge in [0.25, 0.3) is 5.91 Å². The predicted octanol–water partition coefficient (Wildman–Crippen LogP) is 4.54. The molecule has 0 fully saturated rings. The molecule has 7 heteroatoms. The van der Waals surface area contributed by atoms with Gasteiger partial charge in [-0.15, -0.1) is 0 Å². The molecule has 0 bridgehead atoms. The van der Waals surface area contributed by atoms with E-state index in [1.807, 2.05) is 6.07 Å². The highest BCUT2D eigenvalue weighted by Crippen LogP contribution is 2.32. The van der Waals surface area contributed by atoms with Gasteiger partial charge in [-0.3, -0.25) is 4.79 Å². The third-order valence-corrected chi connectivity index (χ3v) is 4.58. The molecule has 1 aromatic heterocycles. The van der Waals surface area contributed by atoms with Crippen molar-refractivity contribution in [3.8, 4) is 17.2 Å². The van der Waals surface area contributed by atoms with E-state index in [0.717, 1.165) is 0 Å². The Balaban J connectivity index is 1.74. The number of methoxy groups -OCH3 is 2. The third kappa shape index (κ3) is 3.48. The summed E-state index contributed by atoms with van der Waals surface area (Å²) >= 11 is 0. The molecular weight excluding hydrogens is 384 g/mol. The van der Waals surface area contributed by atoms with Crippen molar-refractivity contribution >= 4 is 28.7 Å². The van der Waals surface area contributed by atoms with Crippen LogP contribution in [0, 0.1) is 0 Å². The van der Waals surface area contributed by atoms with Crippen LogP contribution in [0.25, 0.3) is 22.6 Å². The molecule has 1 N–H and O–H groups in total. The molecule has 7 nitrogen and oxygen atoms in total. The Morgan fingerprint density at radius 1 is 0.900 bits per heavy atom. The number of carbonyl (C=O) groups is 2. The number of aromatic nitrogens is 1. The fourth-order valence-electron chi connectivity index (χ4n) is 3.14. The Bertz CT molecular complexity index is 1250. The molecule has 0 aliphatic heterocycles. The standard InChI is InChI=1S/C23H18N2O5/c1-28-18-12-6-4-9-15(18)21(26)24-17-11-5-3-8-14(17)22-25-20-16(23(27)29-2)10-7-13-19(20)30-22/h3-13H,1-2H3,(H,24,26). The molecule has 0 saturated heterocycles. The summed E-state index contributed by atoms with van der Waals surface area (Å²) in [5.74, 6) is -0.0844. The summed E-state index contributed by atoms with van der Waals surface area (Å²) in [6, 6.07) is 19.1. The number of hydrogen-bond acceptors (Lipinski definition) is 6. The normalized spacial score (nSPS) is 10.6. The molecule has 0 spiro atoms. The molecule has 4 aromatic rings. The lowest BCUT2D eigenvalue weighted by Gasteiger charge is -2.11. The van der Waals surface area contributed by atoms with Crippen LogP contribution < -0.4 is 10.1 Å². The summed E-state index contributed by atoms with van der Waals surface area (Å²) in [5.41, 5.74) is 2.64. The Kier molecular flexibility index (Phi) is 5.17. The second-order valence-electron chi connectivity index (χ2n) is 6.36. The number of ether oxygens (including phenoxy) is 2. The maximum atomic E-state index is 12.8. The second-order valence-corrected chi connectivity index (χ2v) is 6.36. The van der Waals surface area contributed by atoms with Gasteiger partial charge in [-0.2, -0.15) is 0 Å². The van der Waals surface area contributed by atoms with E-state index < -0.39 is 5.97 Å². The Morgan fingerprint density at radius 2 is 1.63 bits per heavy atom. The first kappa shape index (κ1) is 19.2. The number of rotatable bonds is 5. The van der Waals surface area contributed by atoms with Crippen LogP contribution in [-0.2, 0) is 4.74 Å². The first-order valence-corrected chi connectivity index (χ1v) is 9.14. The SMILES string of the molecule is COC(=O)c1cccc2oc(-c3ccccc3NC(=O)c3ccccc3OC)nc12. The monoisotopic (exact) mass is 402 g/mol. The number of nitrogens with one attached hydrogen (secondary N) is 1. The summed E-state index contributed by atoms with van der Waals surface area (Å²) in [6.07, 6.45) is 0. The van der Waals surface area contributed by atoms with E-state index in [2.05, 4.69) is 10.3 Å². The molecule has 1 amide bonds. The van der Waals surface area contributed by atoms with Gasteiger partial charge in [0.1, 0.15) is 11.3 Å². The van der Waals surface area contributed by atoms with Crippen LogP contribution >= 0.6 is 0 Å². The number of benzene rings is 3.